The van der Waals surface area contributed by atoms with E-state index < -0.39 is 20.0 Å². The molecule has 84 heavy (non-hydrogen) atoms. The Morgan fingerprint density at radius 1 is 0.405 bits per heavy atom. The lowest BCUT2D eigenvalue weighted by Crippen LogP contribution is -2.45. The Labute approximate surface area is 524 Å². The number of likely N-dealkylation sites (N-methyl/N-ethyl adjacent to an activating group) is 1. The highest BCUT2D eigenvalue weighted by atomic mass is 31.2. The number of nitrogens with one attached hydrogen (secondary N) is 1. The maximum absolute atomic E-state index is 13.1. The fourth-order valence-electron chi connectivity index (χ4n) is 11.3. The van der Waals surface area contributed by atoms with E-state index in [2.05, 4.69) is 55.6 Å². The van der Waals surface area contributed by atoms with E-state index in [1.54, 1.807) is 6.08 Å². The van der Waals surface area contributed by atoms with Crippen LogP contribution in [0.3, 0.4) is 0 Å². The summed E-state index contributed by atoms with van der Waals surface area (Å²) in [6.07, 6.45) is 89.9. The van der Waals surface area contributed by atoms with Crippen LogP contribution in [0.2, 0.25) is 0 Å². The molecule has 0 fully saturated rings. The Morgan fingerprint density at radius 3 is 0.988 bits per heavy atom. The average Bonchev–Trinajstić information content (AvgIpc) is 3.56. The SMILES string of the molecule is CCCCCCC/C=C\C/C=C\C/C=C\CCCCCCCCCCCCCCCCCCCCCCCCC(=O)NC(COP(=O)(O)OCC[N+](C)(C)C)C(O)/C=C/CCCCCCCCCCCCCCCCCCCCCCCCC. The van der Waals surface area contributed by atoms with Crippen LogP contribution in [0.4, 0.5) is 0 Å². The van der Waals surface area contributed by atoms with E-state index in [1.165, 1.54) is 308 Å². The van der Waals surface area contributed by atoms with Gasteiger partial charge in [0.2, 0.25) is 5.91 Å². The molecular formula is C75H146N2O6P+. The number of hydrogen-bond acceptors (Lipinski definition) is 5. The van der Waals surface area contributed by atoms with Crippen molar-refractivity contribution < 1.29 is 32.9 Å². The molecule has 0 saturated heterocycles. The largest absolute Gasteiger partial charge is 0.472 e. The Morgan fingerprint density at radius 2 is 0.679 bits per heavy atom. The Balaban J connectivity index is 3.98. The number of allylic oxidation sites excluding steroid dienone is 7. The lowest BCUT2D eigenvalue weighted by Gasteiger charge is -2.25. The van der Waals surface area contributed by atoms with Crippen molar-refractivity contribution in [2.45, 2.75) is 386 Å². The lowest BCUT2D eigenvalue weighted by molar-refractivity contribution is -0.870. The number of unbranched alkanes of at least 4 members (excludes halogenated alkanes) is 50. The molecule has 0 bridgehead atoms. The van der Waals surface area contributed by atoms with Gasteiger partial charge in [0.15, 0.2) is 0 Å². The van der Waals surface area contributed by atoms with Crippen molar-refractivity contribution in [2.75, 3.05) is 40.9 Å². The first-order valence-corrected chi connectivity index (χ1v) is 38.5. The van der Waals surface area contributed by atoms with Crippen LogP contribution in [0.1, 0.15) is 373 Å². The second-order valence-electron chi connectivity index (χ2n) is 26.7. The first kappa shape index (κ1) is 82.5. The molecule has 0 aromatic carbocycles. The normalized spacial score (nSPS) is 13.8. The van der Waals surface area contributed by atoms with E-state index in [0.29, 0.717) is 17.4 Å². The van der Waals surface area contributed by atoms with Crippen LogP contribution in [0.5, 0.6) is 0 Å². The summed E-state index contributed by atoms with van der Waals surface area (Å²) in [4.78, 5) is 23.4. The van der Waals surface area contributed by atoms with Crippen molar-refractivity contribution in [1.29, 1.82) is 0 Å². The third kappa shape index (κ3) is 68.0. The zero-order chi connectivity index (χ0) is 61.2. The van der Waals surface area contributed by atoms with Crippen molar-refractivity contribution in [1.82, 2.24) is 5.32 Å². The van der Waals surface area contributed by atoms with E-state index in [-0.39, 0.29) is 19.1 Å². The molecular weight excluding hydrogens is 1060 g/mol. The molecule has 3 atom stereocenters. The van der Waals surface area contributed by atoms with Crippen LogP contribution in [-0.2, 0) is 18.4 Å². The molecule has 0 saturated carbocycles. The number of rotatable bonds is 69. The van der Waals surface area contributed by atoms with Gasteiger partial charge >= 0.3 is 7.82 Å². The summed E-state index contributed by atoms with van der Waals surface area (Å²) in [5.74, 6) is -0.169. The standard InChI is InChI=1S/C75H145N2O6P/c1-6-8-10-12-14-16-18-20-22-24-26-28-30-32-33-34-35-36-37-38-39-40-41-42-43-45-47-49-51-53-55-57-59-61-63-65-67-69-75(79)76-73(72-83-84(80,81)82-71-70-77(3,4)5)74(78)68-66-64-62-60-58-56-54-52-50-48-46-44-31-29-27-25-23-21-19-17-15-13-11-9-7-2/h18,20,24,26,30,32,66,68,73-74,78H,6-17,19,21-23,25,27-29,31,33-65,67,69-72H2,1-5H3,(H-,76,79,80,81)/p+1/b20-18-,26-24-,32-30-,68-66+. The van der Waals surface area contributed by atoms with E-state index >= 15 is 0 Å². The zero-order valence-electron chi connectivity index (χ0n) is 56.9. The summed E-state index contributed by atoms with van der Waals surface area (Å²) in [5.41, 5.74) is 0. The summed E-state index contributed by atoms with van der Waals surface area (Å²) in [6, 6.07) is -0.847. The summed E-state index contributed by atoms with van der Waals surface area (Å²) in [6.45, 7) is 4.86. The minimum atomic E-state index is -4.35. The lowest BCUT2D eigenvalue weighted by atomic mass is 10.0. The van der Waals surface area contributed by atoms with Crippen molar-refractivity contribution in [3.8, 4) is 0 Å². The van der Waals surface area contributed by atoms with Crippen LogP contribution >= 0.6 is 7.82 Å². The van der Waals surface area contributed by atoms with Gasteiger partial charge in [0.05, 0.1) is 39.9 Å². The average molecular weight is 1200 g/mol. The van der Waals surface area contributed by atoms with Crippen molar-refractivity contribution in [3.63, 3.8) is 0 Å². The number of phosphoric acid groups is 1. The van der Waals surface area contributed by atoms with Gasteiger partial charge in [-0.15, -0.1) is 0 Å². The van der Waals surface area contributed by atoms with Crippen LogP contribution in [0.25, 0.3) is 0 Å². The minimum Gasteiger partial charge on any atom is -0.387 e. The Kier molecular flexibility index (Phi) is 64.7. The van der Waals surface area contributed by atoms with Gasteiger partial charge in [-0.25, -0.2) is 4.57 Å². The molecule has 0 aliphatic heterocycles. The summed E-state index contributed by atoms with van der Waals surface area (Å²) in [7, 11) is 1.59. The molecule has 0 aliphatic carbocycles. The highest BCUT2D eigenvalue weighted by Crippen LogP contribution is 2.43. The van der Waals surface area contributed by atoms with Crippen LogP contribution in [0.15, 0.2) is 48.6 Å². The van der Waals surface area contributed by atoms with Gasteiger partial charge in [-0.1, -0.05) is 358 Å². The molecule has 1 amide bonds. The number of quaternary nitrogens is 1. The number of phosphoric ester groups is 1. The first-order valence-electron chi connectivity index (χ1n) is 37.0. The van der Waals surface area contributed by atoms with E-state index in [0.717, 1.165) is 44.9 Å². The molecule has 496 valence electrons. The molecule has 8 nitrogen and oxygen atoms in total. The number of hydrogen-bond donors (Lipinski definition) is 3. The van der Waals surface area contributed by atoms with Crippen LogP contribution < -0.4 is 5.32 Å². The van der Waals surface area contributed by atoms with Gasteiger partial charge in [0.1, 0.15) is 13.2 Å². The number of aliphatic hydroxyl groups is 1. The molecule has 0 aromatic heterocycles. The van der Waals surface area contributed by atoms with Gasteiger partial charge in [0.25, 0.3) is 0 Å². The fraction of sp³-hybridized carbons (Fsp3) is 0.880. The smallest absolute Gasteiger partial charge is 0.387 e. The fourth-order valence-corrected chi connectivity index (χ4v) is 12.0. The zero-order valence-corrected chi connectivity index (χ0v) is 57.8. The topological polar surface area (TPSA) is 105 Å². The van der Waals surface area contributed by atoms with Crippen molar-refractivity contribution >= 4 is 13.7 Å². The van der Waals surface area contributed by atoms with Crippen molar-refractivity contribution in [3.05, 3.63) is 48.6 Å². The number of aliphatic hydroxyl groups excluding tert-OH is 1. The second-order valence-corrected chi connectivity index (χ2v) is 28.1. The Bertz CT molecular complexity index is 1510. The van der Waals surface area contributed by atoms with Gasteiger partial charge in [0, 0.05) is 6.42 Å². The quantitative estimate of drug-likeness (QED) is 0.0243. The number of amides is 1. The first-order chi connectivity index (χ1) is 41.0. The highest BCUT2D eigenvalue weighted by Gasteiger charge is 2.28. The third-order valence-corrected chi connectivity index (χ3v) is 18.0. The maximum atomic E-state index is 13.1. The van der Waals surface area contributed by atoms with E-state index in [1.807, 2.05) is 27.2 Å². The molecule has 0 radical (unpaired) electrons. The second kappa shape index (κ2) is 65.9. The van der Waals surface area contributed by atoms with Crippen molar-refractivity contribution in [2.24, 2.45) is 0 Å². The van der Waals surface area contributed by atoms with Gasteiger partial charge in [-0.3, -0.25) is 13.8 Å². The van der Waals surface area contributed by atoms with Gasteiger partial charge in [-0.2, -0.15) is 0 Å². The minimum absolute atomic E-state index is 0.0633. The summed E-state index contributed by atoms with van der Waals surface area (Å²) < 4.78 is 23.8. The number of nitrogens with zero attached hydrogens (tertiary/aromatic N) is 1. The van der Waals surface area contributed by atoms with Gasteiger partial charge < -0.3 is 19.8 Å². The third-order valence-electron chi connectivity index (χ3n) is 17.0. The predicted molar refractivity (Wildman–Crippen MR) is 369 cm³/mol. The van der Waals surface area contributed by atoms with E-state index in [9.17, 15) is 19.4 Å². The number of carbonyl (C=O) groups excluding carboxylic acids is 1. The molecule has 0 rings (SSSR count). The van der Waals surface area contributed by atoms with Crippen LogP contribution in [-0.4, -0.2) is 73.4 Å². The molecule has 3 unspecified atom stereocenters. The van der Waals surface area contributed by atoms with Crippen LogP contribution in [0, 0.1) is 0 Å². The molecule has 9 heteroatoms. The summed E-state index contributed by atoms with van der Waals surface area (Å²) in [5, 5.41) is 14.0. The number of carbonyl (C=O) groups is 1. The maximum Gasteiger partial charge on any atom is 0.472 e. The monoisotopic (exact) mass is 1200 g/mol. The van der Waals surface area contributed by atoms with E-state index in [4.69, 9.17) is 9.05 Å². The van der Waals surface area contributed by atoms with Gasteiger partial charge in [-0.05, 0) is 57.8 Å². The molecule has 0 aromatic rings. The highest BCUT2D eigenvalue weighted by molar-refractivity contribution is 7.47. The predicted octanol–water partition coefficient (Wildman–Crippen LogP) is 23.8. The molecule has 0 spiro atoms. The Hall–Kier alpha value is -1.54. The molecule has 0 heterocycles. The summed E-state index contributed by atoms with van der Waals surface area (Å²) >= 11 is 0. The molecule has 0 aliphatic rings. The molecule has 3 N–H and O–H groups in total.